The molecule has 1 amide bonds. The summed E-state index contributed by atoms with van der Waals surface area (Å²) < 4.78 is 49.7. The van der Waals surface area contributed by atoms with Gasteiger partial charge in [0.15, 0.2) is 15.0 Å². The lowest BCUT2D eigenvalue weighted by atomic mass is 10.2. The molecule has 0 saturated carbocycles. The minimum Gasteiger partial charge on any atom is -0.298 e. The minimum absolute atomic E-state index is 0.0470. The maximum atomic E-state index is 12.7. The SMILES string of the molecule is CCS(=O)(=O)c1ccccc1C(=O)Nc1ncc(S(=O)(=O)c2ccc([N+](=O)[O-])cc2)s1. The first kappa shape index (κ1) is 22.5. The normalized spacial score (nSPS) is 11.8. The van der Waals surface area contributed by atoms with Crippen LogP contribution in [0.2, 0.25) is 0 Å². The molecule has 2 aromatic carbocycles. The number of carbonyl (C=O) groups excluding carboxylic acids is 1. The van der Waals surface area contributed by atoms with Gasteiger partial charge < -0.3 is 0 Å². The Morgan fingerprint density at radius 1 is 1.10 bits per heavy atom. The Morgan fingerprint density at radius 2 is 1.74 bits per heavy atom. The third-order valence-corrected chi connectivity index (χ3v) is 9.10. The van der Waals surface area contributed by atoms with Crippen LogP contribution in [0.4, 0.5) is 10.8 Å². The molecule has 1 heterocycles. The predicted molar refractivity (Wildman–Crippen MR) is 113 cm³/mol. The number of amides is 1. The molecule has 0 unspecified atom stereocenters. The van der Waals surface area contributed by atoms with Crippen LogP contribution in [0.5, 0.6) is 0 Å². The lowest BCUT2D eigenvalue weighted by Gasteiger charge is -2.08. The van der Waals surface area contributed by atoms with E-state index in [1.807, 2.05) is 0 Å². The highest BCUT2D eigenvalue weighted by Crippen LogP contribution is 2.30. The average Bonchev–Trinajstić information content (AvgIpc) is 3.23. The Kier molecular flexibility index (Phi) is 6.20. The van der Waals surface area contributed by atoms with E-state index < -0.39 is 30.5 Å². The van der Waals surface area contributed by atoms with Crippen molar-refractivity contribution in [3.05, 3.63) is 70.4 Å². The molecule has 1 aromatic heterocycles. The number of hydrogen-bond acceptors (Lipinski definition) is 9. The van der Waals surface area contributed by atoms with Crippen LogP contribution in [-0.4, -0.2) is 38.4 Å². The van der Waals surface area contributed by atoms with Crippen molar-refractivity contribution in [1.82, 2.24) is 4.98 Å². The van der Waals surface area contributed by atoms with E-state index in [2.05, 4.69) is 10.3 Å². The second-order valence-corrected chi connectivity index (χ2v) is 11.5. The highest BCUT2D eigenvalue weighted by Gasteiger charge is 2.24. The lowest BCUT2D eigenvalue weighted by Crippen LogP contribution is -2.17. The smallest absolute Gasteiger partial charge is 0.269 e. The minimum atomic E-state index is -4.01. The van der Waals surface area contributed by atoms with Crippen molar-refractivity contribution in [2.45, 2.75) is 20.9 Å². The first-order valence-electron chi connectivity index (χ1n) is 8.65. The zero-order valence-corrected chi connectivity index (χ0v) is 18.3. The molecule has 0 aliphatic rings. The summed E-state index contributed by atoms with van der Waals surface area (Å²) in [6, 6.07) is 10.0. The molecule has 1 N–H and O–H groups in total. The molecule has 162 valence electrons. The number of hydrogen-bond donors (Lipinski definition) is 1. The molecule has 0 aliphatic carbocycles. The summed E-state index contributed by atoms with van der Waals surface area (Å²) in [5.74, 6) is -0.937. The van der Waals surface area contributed by atoms with Crippen LogP contribution >= 0.6 is 11.3 Å². The lowest BCUT2D eigenvalue weighted by molar-refractivity contribution is -0.384. The van der Waals surface area contributed by atoms with Crippen LogP contribution in [0.1, 0.15) is 17.3 Å². The van der Waals surface area contributed by atoms with E-state index >= 15 is 0 Å². The zero-order chi connectivity index (χ0) is 22.8. The van der Waals surface area contributed by atoms with E-state index in [9.17, 15) is 31.7 Å². The highest BCUT2D eigenvalue weighted by atomic mass is 32.2. The Bertz CT molecular complexity index is 1360. The largest absolute Gasteiger partial charge is 0.298 e. The van der Waals surface area contributed by atoms with Crippen molar-refractivity contribution in [2.75, 3.05) is 11.1 Å². The van der Waals surface area contributed by atoms with Gasteiger partial charge in [-0.15, -0.1) is 0 Å². The number of nitro benzene ring substituents is 1. The number of thiazole rings is 1. The first-order chi connectivity index (χ1) is 14.6. The zero-order valence-electron chi connectivity index (χ0n) is 15.9. The quantitative estimate of drug-likeness (QED) is 0.399. The predicted octanol–water partition coefficient (Wildman–Crippen LogP) is 2.93. The van der Waals surface area contributed by atoms with E-state index in [-0.39, 0.29) is 36.1 Å². The van der Waals surface area contributed by atoms with Gasteiger partial charge in [0, 0.05) is 12.1 Å². The van der Waals surface area contributed by atoms with Crippen molar-refractivity contribution >= 4 is 47.7 Å². The Labute approximate surface area is 181 Å². The average molecular weight is 482 g/mol. The summed E-state index contributed by atoms with van der Waals surface area (Å²) in [5, 5.41) is 13.1. The number of nitrogens with zero attached hydrogens (tertiary/aromatic N) is 2. The van der Waals surface area contributed by atoms with E-state index in [1.54, 1.807) is 0 Å². The van der Waals surface area contributed by atoms with Crippen molar-refractivity contribution in [2.24, 2.45) is 0 Å². The Balaban J connectivity index is 1.87. The molecule has 0 saturated heterocycles. The van der Waals surface area contributed by atoms with E-state index in [4.69, 9.17) is 0 Å². The monoisotopic (exact) mass is 481 g/mol. The number of nitrogens with one attached hydrogen (secondary N) is 1. The number of rotatable bonds is 7. The molecule has 0 bridgehead atoms. The van der Waals surface area contributed by atoms with Gasteiger partial charge in [-0.3, -0.25) is 20.2 Å². The molecule has 0 aliphatic heterocycles. The molecular formula is C18H15N3O7S3. The molecule has 3 aromatic rings. The molecule has 13 heteroatoms. The number of non-ortho nitro benzene ring substituents is 1. The van der Waals surface area contributed by atoms with Crippen LogP contribution in [-0.2, 0) is 19.7 Å². The fraction of sp³-hybridized carbons (Fsp3) is 0.111. The fourth-order valence-electron chi connectivity index (χ4n) is 2.55. The van der Waals surface area contributed by atoms with Gasteiger partial charge in [0.25, 0.3) is 11.6 Å². The number of aromatic nitrogens is 1. The van der Waals surface area contributed by atoms with Gasteiger partial charge in [0.1, 0.15) is 4.21 Å². The van der Waals surface area contributed by atoms with E-state index in [0.29, 0.717) is 11.3 Å². The van der Waals surface area contributed by atoms with E-state index in [0.717, 1.165) is 30.5 Å². The summed E-state index contributed by atoms with van der Waals surface area (Å²) in [4.78, 5) is 26.3. The molecular weight excluding hydrogens is 466 g/mol. The van der Waals surface area contributed by atoms with Crippen LogP contribution in [0.15, 0.2) is 68.7 Å². The van der Waals surface area contributed by atoms with Crippen LogP contribution in [0.3, 0.4) is 0 Å². The third kappa shape index (κ3) is 4.62. The number of sulfone groups is 2. The van der Waals surface area contributed by atoms with Gasteiger partial charge in [0.2, 0.25) is 9.84 Å². The van der Waals surface area contributed by atoms with Gasteiger partial charge in [-0.1, -0.05) is 30.4 Å². The summed E-state index contributed by atoms with van der Waals surface area (Å²) >= 11 is 0.673. The third-order valence-electron chi connectivity index (χ3n) is 4.17. The van der Waals surface area contributed by atoms with E-state index in [1.165, 1.54) is 31.2 Å². The van der Waals surface area contributed by atoms with Gasteiger partial charge in [-0.2, -0.15) is 0 Å². The first-order valence-corrected chi connectivity index (χ1v) is 12.6. The summed E-state index contributed by atoms with van der Waals surface area (Å²) in [7, 11) is -7.66. The number of carbonyl (C=O) groups is 1. The second kappa shape index (κ2) is 8.53. The molecule has 0 radical (unpaired) electrons. The van der Waals surface area contributed by atoms with Crippen LogP contribution in [0, 0.1) is 10.1 Å². The van der Waals surface area contributed by atoms with Gasteiger partial charge >= 0.3 is 0 Å². The maximum absolute atomic E-state index is 12.7. The topological polar surface area (TPSA) is 153 Å². The van der Waals surface area contributed by atoms with Crippen molar-refractivity contribution in [3.63, 3.8) is 0 Å². The molecule has 0 spiro atoms. The molecule has 31 heavy (non-hydrogen) atoms. The standard InChI is InChI=1S/C18H15N3O7S3/c1-2-30(25,26)15-6-4-3-5-14(15)17(22)20-18-19-11-16(29-18)31(27,28)13-9-7-12(8-10-13)21(23)24/h3-11H,2H2,1H3,(H,19,20,22). The van der Waals surface area contributed by atoms with Crippen molar-refractivity contribution in [3.8, 4) is 0 Å². The van der Waals surface area contributed by atoms with Crippen molar-refractivity contribution < 1.29 is 26.6 Å². The highest BCUT2D eigenvalue weighted by molar-refractivity contribution is 7.93. The van der Waals surface area contributed by atoms with Crippen LogP contribution in [0.25, 0.3) is 0 Å². The second-order valence-electron chi connectivity index (χ2n) is 6.09. The number of nitro groups is 1. The summed E-state index contributed by atoms with van der Waals surface area (Å²) in [6.07, 6.45) is 1.05. The Morgan fingerprint density at radius 3 is 2.35 bits per heavy atom. The number of anilines is 1. The van der Waals surface area contributed by atoms with Gasteiger partial charge in [-0.25, -0.2) is 21.8 Å². The summed E-state index contributed by atoms with van der Waals surface area (Å²) in [5.41, 5.74) is -0.337. The Hall–Kier alpha value is -3.16. The van der Waals surface area contributed by atoms with Gasteiger partial charge in [0.05, 0.1) is 32.2 Å². The molecule has 3 rings (SSSR count). The van der Waals surface area contributed by atoms with Gasteiger partial charge in [-0.05, 0) is 24.3 Å². The fourth-order valence-corrected chi connectivity index (χ4v) is 6.07. The van der Waals surface area contributed by atoms with Crippen LogP contribution < -0.4 is 5.32 Å². The molecule has 0 fully saturated rings. The molecule has 10 nitrogen and oxygen atoms in total. The maximum Gasteiger partial charge on any atom is 0.269 e. The number of benzene rings is 2. The molecule has 0 atom stereocenters. The summed E-state index contributed by atoms with van der Waals surface area (Å²) in [6.45, 7) is 1.46. The van der Waals surface area contributed by atoms with Crippen molar-refractivity contribution in [1.29, 1.82) is 0 Å².